The molecule has 35 heavy (non-hydrogen) atoms. The molecule has 2 aromatic rings. The van der Waals surface area contributed by atoms with Crippen LogP contribution >= 0.6 is 0 Å². The molecular formula is C26H37F3N4O2. The lowest BCUT2D eigenvalue weighted by Gasteiger charge is -2.21. The summed E-state index contributed by atoms with van der Waals surface area (Å²) in [6.45, 7) is 13.6. The molecule has 1 heterocycles. The van der Waals surface area contributed by atoms with Gasteiger partial charge in [0.15, 0.2) is 5.49 Å². The van der Waals surface area contributed by atoms with Crippen LogP contribution in [0, 0.1) is 5.92 Å². The van der Waals surface area contributed by atoms with Crippen LogP contribution in [0.2, 0.25) is 0 Å². The fraction of sp³-hybridized carbons (Fsp3) is 0.615. The zero-order chi connectivity index (χ0) is 26.2. The number of hydrogen-bond donors (Lipinski definition) is 1. The van der Waals surface area contributed by atoms with Gasteiger partial charge in [0.2, 0.25) is 0 Å². The Bertz CT molecular complexity index is 1130. The Labute approximate surface area is 205 Å². The summed E-state index contributed by atoms with van der Waals surface area (Å²) in [6.07, 6.45) is -2.35. The Morgan fingerprint density at radius 2 is 1.77 bits per heavy atom. The van der Waals surface area contributed by atoms with Gasteiger partial charge < -0.3 is 10.1 Å². The lowest BCUT2D eigenvalue weighted by atomic mass is 9.92. The molecule has 1 N–H and O–H groups in total. The molecule has 0 atom stereocenters. The second kappa shape index (κ2) is 9.84. The first-order valence-electron chi connectivity index (χ1n) is 12.0. The van der Waals surface area contributed by atoms with Gasteiger partial charge in [-0.3, -0.25) is 14.2 Å². The maximum atomic E-state index is 13.4. The van der Waals surface area contributed by atoms with E-state index in [-0.39, 0.29) is 28.9 Å². The Balaban J connectivity index is 2.00. The van der Waals surface area contributed by atoms with Gasteiger partial charge in [0.05, 0.1) is 11.1 Å². The number of ether oxygens (including phenoxy) is 1. The van der Waals surface area contributed by atoms with Crippen LogP contribution in [0.1, 0.15) is 76.0 Å². The molecule has 0 radical (unpaired) electrons. The number of carbonyl (C=O) groups is 1. The zero-order valence-electron chi connectivity index (χ0n) is 21.7. The van der Waals surface area contributed by atoms with E-state index in [9.17, 15) is 18.0 Å². The van der Waals surface area contributed by atoms with E-state index in [1.54, 1.807) is 0 Å². The van der Waals surface area contributed by atoms with E-state index in [1.165, 1.54) is 6.07 Å². The normalized spacial score (nSPS) is 15.5. The molecule has 1 aromatic carbocycles. The Morgan fingerprint density at radius 1 is 1.11 bits per heavy atom. The van der Waals surface area contributed by atoms with Crippen LogP contribution in [-0.4, -0.2) is 34.0 Å². The molecule has 1 amide bonds. The summed E-state index contributed by atoms with van der Waals surface area (Å²) in [5, 5.41) is 3.25. The van der Waals surface area contributed by atoms with Crippen molar-refractivity contribution >= 4 is 5.91 Å². The van der Waals surface area contributed by atoms with Crippen molar-refractivity contribution in [2.75, 3.05) is 13.2 Å². The molecule has 0 spiro atoms. The van der Waals surface area contributed by atoms with Gasteiger partial charge in [-0.05, 0) is 57.7 Å². The number of aromatic nitrogens is 2. The number of carbonyl (C=O) groups excluding carboxylic acids is 1. The average Bonchev–Trinajstić information content (AvgIpc) is 3.48. The van der Waals surface area contributed by atoms with E-state index in [0.717, 1.165) is 30.7 Å². The zero-order valence-corrected chi connectivity index (χ0v) is 21.7. The van der Waals surface area contributed by atoms with E-state index in [0.29, 0.717) is 24.5 Å². The summed E-state index contributed by atoms with van der Waals surface area (Å²) in [5.41, 5.74) is -0.0163. The van der Waals surface area contributed by atoms with Crippen molar-refractivity contribution in [1.29, 1.82) is 0 Å². The molecule has 0 unspecified atom stereocenters. The second-order valence-electron chi connectivity index (χ2n) is 11.3. The molecule has 0 aliphatic heterocycles. The van der Waals surface area contributed by atoms with Crippen molar-refractivity contribution in [3.05, 3.63) is 46.6 Å². The maximum Gasteiger partial charge on any atom is 0.416 e. The van der Waals surface area contributed by atoms with Gasteiger partial charge in [0.1, 0.15) is 12.4 Å². The molecule has 0 bridgehead atoms. The highest BCUT2D eigenvalue weighted by Crippen LogP contribution is 2.33. The summed E-state index contributed by atoms with van der Waals surface area (Å²) in [5.74, 6) is -0.151. The van der Waals surface area contributed by atoms with Crippen molar-refractivity contribution in [1.82, 2.24) is 14.7 Å². The quantitative estimate of drug-likeness (QED) is 0.548. The molecule has 1 aliphatic rings. The SMILES string of the molecule is Cn1c(C(C)(C)C)cc(=NC(=O)c2cc(C(F)(F)F)ccc2OCCNC(C)(C)C)n1CC1CC1. The molecular weight excluding hydrogens is 457 g/mol. The molecule has 1 saturated carbocycles. The molecule has 0 saturated heterocycles. The summed E-state index contributed by atoms with van der Waals surface area (Å²) in [4.78, 5) is 17.6. The van der Waals surface area contributed by atoms with Gasteiger partial charge in [-0.25, -0.2) is 0 Å². The van der Waals surface area contributed by atoms with Gasteiger partial charge in [-0.15, -0.1) is 0 Å². The smallest absolute Gasteiger partial charge is 0.416 e. The summed E-state index contributed by atoms with van der Waals surface area (Å²) in [7, 11) is 1.92. The minimum Gasteiger partial charge on any atom is -0.491 e. The monoisotopic (exact) mass is 494 g/mol. The number of alkyl halides is 3. The fourth-order valence-electron chi connectivity index (χ4n) is 3.88. The number of amides is 1. The third kappa shape index (κ3) is 7.22. The molecule has 3 rings (SSSR count). The van der Waals surface area contributed by atoms with E-state index in [1.807, 2.05) is 43.2 Å². The first-order valence-corrected chi connectivity index (χ1v) is 12.0. The summed E-state index contributed by atoms with van der Waals surface area (Å²) in [6, 6.07) is 4.81. The van der Waals surface area contributed by atoms with E-state index < -0.39 is 17.6 Å². The molecule has 6 nitrogen and oxygen atoms in total. The van der Waals surface area contributed by atoms with Crippen LogP contribution in [0.3, 0.4) is 0 Å². The van der Waals surface area contributed by atoms with Gasteiger partial charge in [0.25, 0.3) is 5.91 Å². The number of nitrogens with zero attached hydrogens (tertiary/aromatic N) is 3. The minimum atomic E-state index is -4.58. The van der Waals surface area contributed by atoms with Crippen molar-refractivity contribution in [3.63, 3.8) is 0 Å². The number of benzene rings is 1. The predicted molar refractivity (Wildman–Crippen MR) is 129 cm³/mol. The van der Waals surface area contributed by atoms with Gasteiger partial charge >= 0.3 is 6.18 Å². The number of nitrogens with one attached hydrogen (secondary N) is 1. The van der Waals surface area contributed by atoms with Gasteiger partial charge in [-0.1, -0.05) is 20.8 Å². The van der Waals surface area contributed by atoms with Crippen LogP contribution in [0.4, 0.5) is 13.2 Å². The summed E-state index contributed by atoms with van der Waals surface area (Å²) < 4.78 is 49.9. The van der Waals surface area contributed by atoms with Crippen LogP contribution in [0.25, 0.3) is 0 Å². The predicted octanol–water partition coefficient (Wildman–Crippen LogP) is 5.06. The second-order valence-corrected chi connectivity index (χ2v) is 11.3. The van der Waals surface area contributed by atoms with Crippen molar-refractivity contribution in [2.45, 2.75) is 78.1 Å². The minimum absolute atomic E-state index is 0.0863. The van der Waals surface area contributed by atoms with Crippen LogP contribution < -0.4 is 15.5 Å². The highest BCUT2D eigenvalue weighted by molar-refractivity contribution is 5.97. The molecule has 1 fully saturated rings. The lowest BCUT2D eigenvalue weighted by molar-refractivity contribution is -0.137. The topological polar surface area (TPSA) is 60.6 Å². The standard InChI is InChI=1S/C26H37F3N4O2/c1-24(2,3)21-15-22(33(32(21)7)16-17-8-9-17)31-23(34)19-14-18(26(27,28)29)10-11-20(19)35-13-12-30-25(4,5)6/h10-11,14-15,17,30H,8-9,12-13,16H2,1-7H3. The first-order chi connectivity index (χ1) is 16.1. The number of halogens is 3. The van der Waals surface area contributed by atoms with E-state index in [2.05, 4.69) is 31.1 Å². The molecule has 9 heteroatoms. The van der Waals surface area contributed by atoms with Crippen molar-refractivity contribution in [3.8, 4) is 5.75 Å². The highest BCUT2D eigenvalue weighted by Gasteiger charge is 2.32. The number of rotatable bonds is 7. The highest BCUT2D eigenvalue weighted by atomic mass is 19.4. The Morgan fingerprint density at radius 3 is 2.31 bits per heavy atom. The van der Waals surface area contributed by atoms with Crippen molar-refractivity contribution in [2.24, 2.45) is 18.0 Å². The van der Waals surface area contributed by atoms with Crippen LogP contribution in [0.15, 0.2) is 29.3 Å². The van der Waals surface area contributed by atoms with E-state index in [4.69, 9.17) is 4.74 Å². The Hall–Kier alpha value is -2.55. The number of hydrogen-bond acceptors (Lipinski definition) is 3. The van der Waals surface area contributed by atoms with Gasteiger partial charge in [-0.2, -0.15) is 18.2 Å². The van der Waals surface area contributed by atoms with Crippen LogP contribution in [-0.2, 0) is 25.2 Å². The van der Waals surface area contributed by atoms with Gasteiger partial charge in [0, 0.05) is 42.9 Å². The van der Waals surface area contributed by atoms with Crippen LogP contribution in [0.5, 0.6) is 5.75 Å². The third-order valence-corrected chi connectivity index (χ3v) is 5.91. The molecule has 1 aromatic heterocycles. The van der Waals surface area contributed by atoms with E-state index >= 15 is 0 Å². The largest absolute Gasteiger partial charge is 0.491 e. The first kappa shape index (κ1) is 27.0. The average molecular weight is 495 g/mol. The molecule has 194 valence electrons. The maximum absolute atomic E-state index is 13.4. The third-order valence-electron chi connectivity index (χ3n) is 5.91. The molecule has 1 aliphatic carbocycles. The Kier molecular flexibility index (Phi) is 7.60. The fourth-order valence-corrected chi connectivity index (χ4v) is 3.88. The lowest BCUT2D eigenvalue weighted by Crippen LogP contribution is -2.38. The summed E-state index contributed by atoms with van der Waals surface area (Å²) >= 11 is 0. The van der Waals surface area contributed by atoms with Crippen molar-refractivity contribution < 1.29 is 22.7 Å².